The summed E-state index contributed by atoms with van der Waals surface area (Å²) < 4.78 is 1.24. The molecule has 0 saturated carbocycles. The summed E-state index contributed by atoms with van der Waals surface area (Å²) in [5.74, 6) is 0. The Kier molecular flexibility index (Phi) is 4.21. The lowest BCUT2D eigenvalue weighted by Crippen LogP contribution is -2.09. The number of hydrazone groups is 1. The lowest BCUT2D eigenvalue weighted by Gasteiger charge is -2.07. The van der Waals surface area contributed by atoms with Crippen LogP contribution in [-0.4, -0.2) is 24.8 Å². The standard InChI is InChI=1S/C10H13IN2/c1-3-13(2)12-8-9-5-4-6-10(11)7-9/h4-8H,3H2,1-2H3/b12-8+. The van der Waals surface area contributed by atoms with Crippen molar-refractivity contribution in [2.45, 2.75) is 6.92 Å². The minimum absolute atomic E-state index is 0.931. The van der Waals surface area contributed by atoms with E-state index in [9.17, 15) is 0 Å². The van der Waals surface area contributed by atoms with E-state index in [2.05, 4.69) is 52.8 Å². The van der Waals surface area contributed by atoms with E-state index in [1.807, 2.05) is 24.3 Å². The molecule has 0 amide bonds. The van der Waals surface area contributed by atoms with Crippen molar-refractivity contribution in [3.63, 3.8) is 0 Å². The third-order valence-corrected chi connectivity index (χ3v) is 2.38. The number of rotatable bonds is 3. The molecule has 0 atom stereocenters. The highest BCUT2D eigenvalue weighted by molar-refractivity contribution is 14.1. The lowest BCUT2D eigenvalue weighted by molar-refractivity contribution is 0.377. The van der Waals surface area contributed by atoms with Gasteiger partial charge in [-0.25, -0.2) is 0 Å². The molecule has 0 radical (unpaired) electrons. The van der Waals surface area contributed by atoms with Crippen molar-refractivity contribution >= 4 is 28.8 Å². The minimum Gasteiger partial charge on any atom is -0.300 e. The van der Waals surface area contributed by atoms with Crippen LogP contribution in [0, 0.1) is 3.57 Å². The SMILES string of the molecule is CCN(C)/N=C/c1cccc(I)c1. The average molecular weight is 288 g/mol. The van der Waals surface area contributed by atoms with E-state index >= 15 is 0 Å². The van der Waals surface area contributed by atoms with Gasteiger partial charge >= 0.3 is 0 Å². The van der Waals surface area contributed by atoms with E-state index < -0.39 is 0 Å². The van der Waals surface area contributed by atoms with Gasteiger partial charge in [-0.3, -0.25) is 0 Å². The van der Waals surface area contributed by atoms with Crippen LogP contribution in [-0.2, 0) is 0 Å². The fraction of sp³-hybridized carbons (Fsp3) is 0.300. The number of benzene rings is 1. The summed E-state index contributed by atoms with van der Waals surface area (Å²) in [6.45, 7) is 3.01. The Labute approximate surface area is 92.8 Å². The number of nitrogens with zero attached hydrogens (tertiary/aromatic N) is 2. The Hall–Kier alpha value is -0.580. The van der Waals surface area contributed by atoms with Gasteiger partial charge in [0.1, 0.15) is 0 Å². The Balaban J connectivity index is 2.68. The molecule has 0 heterocycles. The third-order valence-electron chi connectivity index (χ3n) is 1.71. The average Bonchev–Trinajstić information content (AvgIpc) is 2.14. The van der Waals surface area contributed by atoms with Gasteiger partial charge in [0.25, 0.3) is 0 Å². The van der Waals surface area contributed by atoms with Crippen molar-refractivity contribution < 1.29 is 0 Å². The second kappa shape index (κ2) is 5.21. The van der Waals surface area contributed by atoms with Crippen molar-refractivity contribution in [2.75, 3.05) is 13.6 Å². The second-order valence-electron chi connectivity index (χ2n) is 2.77. The van der Waals surface area contributed by atoms with E-state index in [0.717, 1.165) is 12.1 Å². The maximum absolute atomic E-state index is 4.26. The highest BCUT2D eigenvalue weighted by Crippen LogP contribution is 2.05. The summed E-state index contributed by atoms with van der Waals surface area (Å²) in [4.78, 5) is 0. The molecule has 1 aromatic carbocycles. The lowest BCUT2D eigenvalue weighted by atomic mass is 10.2. The van der Waals surface area contributed by atoms with Crippen LogP contribution in [0.5, 0.6) is 0 Å². The summed E-state index contributed by atoms with van der Waals surface area (Å²) in [5.41, 5.74) is 1.15. The zero-order valence-corrected chi connectivity index (χ0v) is 10.0. The van der Waals surface area contributed by atoms with E-state index in [1.165, 1.54) is 3.57 Å². The Morgan fingerprint density at radius 1 is 1.54 bits per heavy atom. The summed E-state index contributed by atoms with van der Waals surface area (Å²) >= 11 is 2.30. The normalized spacial score (nSPS) is 10.7. The van der Waals surface area contributed by atoms with Crippen LogP contribution in [0.4, 0.5) is 0 Å². The zero-order chi connectivity index (χ0) is 9.68. The molecule has 2 nitrogen and oxygen atoms in total. The molecule has 0 aromatic heterocycles. The zero-order valence-electron chi connectivity index (χ0n) is 7.87. The monoisotopic (exact) mass is 288 g/mol. The topological polar surface area (TPSA) is 15.6 Å². The number of hydrogen-bond donors (Lipinski definition) is 0. The number of hydrogen-bond acceptors (Lipinski definition) is 2. The summed E-state index contributed by atoms with van der Waals surface area (Å²) in [5, 5.41) is 6.16. The molecule has 0 aliphatic heterocycles. The van der Waals surface area contributed by atoms with Crippen LogP contribution in [0.15, 0.2) is 29.4 Å². The van der Waals surface area contributed by atoms with Crippen molar-refractivity contribution in [1.82, 2.24) is 5.01 Å². The van der Waals surface area contributed by atoms with Gasteiger partial charge in [-0.2, -0.15) is 5.10 Å². The van der Waals surface area contributed by atoms with Crippen molar-refractivity contribution in [1.29, 1.82) is 0 Å². The molecule has 3 heteroatoms. The fourth-order valence-electron chi connectivity index (χ4n) is 0.834. The molecule has 1 rings (SSSR count). The smallest absolute Gasteiger partial charge is 0.0543 e. The van der Waals surface area contributed by atoms with Crippen molar-refractivity contribution in [2.24, 2.45) is 5.10 Å². The number of halogens is 1. The molecule has 13 heavy (non-hydrogen) atoms. The molecule has 0 unspecified atom stereocenters. The van der Waals surface area contributed by atoms with E-state index in [0.29, 0.717) is 0 Å². The highest BCUT2D eigenvalue weighted by Gasteiger charge is 1.89. The van der Waals surface area contributed by atoms with Gasteiger partial charge in [0.15, 0.2) is 0 Å². The highest BCUT2D eigenvalue weighted by atomic mass is 127. The van der Waals surface area contributed by atoms with Gasteiger partial charge in [-0.1, -0.05) is 12.1 Å². The Bertz CT molecular complexity index is 297. The Morgan fingerprint density at radius 3 is 2.92 bits per heavy atom. The predicted molar refractivity (Wildman–Crippen MR) is 65.1 cm³/mol. The van der Waals surface area contributed by atoms with E-state index in [1.54, 1.807) is 0 Å². The van der Waals surface area contributed by atoms with Crippen LogP contribution in [0.25, 0.3) is 0 Å². The molecule has 1 aromatic rings. The van der Waals surface area contributed by atoms with Gasteiger partial charge < -0.3 is 5.01 Å². The van der Waals surface area contributed by atoms with Gasteiger partial charge in [0, 0.05) is 17.2 Å². The van der Waals surface area contributed by atoms with Gasteiger partial charge in [-0.05, 0) is 47.2 Å². The largest absolute Gasteiger partial charge is 0.300 e. The predicted octanol–water partition coefficient (Wildman–Crippen LogP) is 2.58. The molecule has 70 valence electrons. The van der Waals surface area contributed by atoms with Crippen LogP contribution in [0.2, 0.25) is 0 Å². The molecule has 0 spiro atoms. The first-order valence-corrected chi connectivity index (χ1v) is 5.31. The fourth-order valence-corrected chi connectivity index (χ4v) is 1.40. The van der Waals surface area contributed by atoms with Crippen LogP contribution < -0.4 is 0 Å². The van der Waals surface area contributed by atoms with Gasteiger partial charge in [0.2, 0.25) is 0 Å². The summed E-state index contributed by atoms with van der Waals surface area (Å²) in [7, 11) is 1.96. The molecule has 0 bridgehead atoms. The molecular formula is C10H13IN2. The van der Waals surface area contributed by atoms with Gasteiger partial charge in [0.05, 0.1) is 6.21 Å². The maximum atomic E-state index is 4.26. The first-order chi connectivity index (χ1) is 6.22. The molecular weight excluding hydrogens is 275 g/mol. The minimum atomic E-state index is 0.931. The second-order valence-corrected chi connectivity index (χ2v) is 4.02. The molecule has 0 fully saturated rings. The van der Waals surface area contributed by atoms with E-state index in [4.69, 9.17) is 0 Å². The van der Waals surface area contributed by atoms with Crippen molar-refractivity contribution in [3.05, 3.63) is 33.4 Å². The third kappa shape index (κ3) is 3.76. The quantitative estimate of drug-likeness (QED) is 0.474. The van der Waals surface area contributed by atoms with E-state index in [-0.39, 0.29) is 0 Å². The summed E-state index contributed by atoms with van der Waals surface area (Å²) in [6.07, 6.45) is 1.88. The first kappa shape index (κ1) is 10.5. The maximum Gasteiger partial charge on any atom is 0.0543 e. The molecule has 0 N–H and O–H groups in total. The summed E-state index contributed by atoms with van der Waals surface area (Å²) in [6, 6.07) is 8.26. The van der Waals surface area contributed by atoms with Crippen LogP contribution in [0.3, 0.4) is 0 Å². The Morgan fingerprint density at radius 2 is 2.31 bits per heavy atom. The molecule has 0 aliphatic rings. The first-order valence-electron chi connectivity index (χ1n) is 4.23. The van der Waals surface area contributed by atoms with Gasteiger partial charge in [-0.15, -0.1) is 0 Å². The van der Waals surface area contributed by atoms with Crippen molar-refractivity contribution in [3.8, 4) is 0 Å². The van der Waals surface area contributed by atoms with Crippen LogP contribution in [0.1, 0.15) is 12.5 Å². The molecule has 0 saturated heterocycles. The van der Waals surface area contributed by atoms with Crippen LogP contribution >= 0.6 is 22.6 Å². The molecule has 0 aliphatic carbocycles.